The van der Waals surface area contributed by atoms with Crippen LogP contribution in [0.15, 0.2) is 22.9 Å². The van der Waals surface area contributed by atoms with Crippen molar-refractivity contribution in [3.05, 3.63) is 38.3 Å². The third-order valence-corrected chi connectivity index (χ3v) is 5.68. The number of nitrogens with zero attached hydrogens (tertiary/aromatic N) is 6. The van der Waals surface area contributed by atoms with Crippen LogP contribution in [0.5, 0.6) is 0 Å². The topological polar surface area (TPSA) is 91.7 Å². The van der Waals surface area contributed by atoms with Crippen LogP contribution < -0.4 is 0 Å². The average molecular weight is 364 g/mol. The maximum atomic E-state index is 10.7. The maximum Gasteiger partial charge on any atom is 0.307 e. The van der Waals surface area contributed by atoms with Gasteiger partial charge in [0.05, 0.1) is 10.8 Å². The molecule has 126 valence electrons. The molecule has 0 aliphatic rings. The van der Waals surface area contributed by atoms with Gasteiger partial charge >= 0.3 is 5.69 Å². The van der Waals surface area contributed by atoms with E-state index in [9.17, 15) is 10.1 Å². The van der Waals surface area contributed by atoms with Gasteiger partial charge in [-0.05, 0) is 26.3 Å². The highest BCUT2D eigenvalue weighted by Crippen LogP contribution is 2.31. The number of thiophene rings is 1. The van der Waals surface area contributed by atoms with Crippen LogP contribution in [0.2, 0.25) is 0 Å². The summed E-state index contributed by atoms with van der Waals surface area (Å²) in [4.78, 5) is 11.5. The molecule has 24 heavy (non-hydrogen) atoms. The molecular weight excluding hydrogens is 348 g/mol. The van der Waals surface area contributed by atoms with Crippen LogP contribution in [0.3, 0.4) is 0 Å². The number of nitro groups is 1. The van der Waals surface area contributed by atoms with Gasteiger partial charge in [0.25, 0.3) is 0 Å². The molecule has 3 rings (SSSR count). The van der Waals surface area contributed by atoms with Crippen molar-refractivity contribution in [2.24, 2.45) is 0 Å². The van der Waals surface area contributed by atoms with Crippen molar-refractivity contribution >= 4 is 28.8 Å². The Morgan fingerprint density at radius 3 is 2.75 bits per heavy atom. The first-order valence-electron chi connectivity index (χ1n) is 7.29. The molecule has 0 aliphatic heterocycles. The average Bonchev–Trinajstić information content (AvgIpc) is 3.25. The van der Waals surface area contributed by atoms with Gasteiger partial charge in [-0.15, -0.1) is 21.5 Å². The van der Waals surface area contributed by atoms with Crippen LogP contribution in [0.1, 0.15) is 17.4 Å². The Hall–Kier alpha value is -2.20. The summed E-state index contributed by atoms with van der Waals surface area (Å²) in [6, 6.07) is 0. The van der Waals surface area contributed by atoms with Gasteiger partial charge < -0.3 is 4.57 Å². The van der Waals surface area contributed by atoms with Crippen LogP contribution in [0, 0.1) is 24.0 Å². The molecule has 0 N–H and O–H groups in total. The Bertz CT molecular complexity index is 882. The summed E-state index contributed by atoms with van der Waals surface area (Å²) in [7, 11) is 0. The van der Waals surface area contributed by atoms with Gasteiger partial charge in [-0.25, -0.2) is 0 Å². The maximum absolute atomic E-state index is 10.7. The summed E-state index contributed by atoms with van der Waals surface area (Å²) in [6.07, 6.45) is 2.65. The Labute approximate surface area is 146 Å². The molecule has 8 nitrogen and oxygen atoms in total. The fourth-order valence-corrected chi connectivity index (χ4v) is 3.98. The van der Waals surface area contributed by atoms with E-state index in [1.165, 1.54) is 39.3 Å². The van der Waals surface area contributed by atoms with Crippen LogP contribution in [-0.4, -0.2) is 29.5 Å². The third-order valence-electron chi connectivity index (χ3n) is 3.72. The zero-order valence-electron chi connectivity index (χ0n) is 13.5. The van der Waals surface area contributed by atoms with Gasteiger partial charge in [-0.3, -0.25) is 14.8 Å². The summed E-state index contributed by atoms with van der Waals surface area (Å²) in [6.45, 7) is 6.98. The SMILES string of the molecule is CCn1c(SCn2cc([N+](=O)[O-])cn2)nnc1-c1csc(C)c1C. The molecule has 0 radical (unpaired) electrons. The monoisotopic (exact) mass is 364 g/mol. The van der Waals surface area contributed by atoms with E-state index < -0.39 is 4.92 Å². The van der Waals surface area contributed by atoms with Crippen molar-refractivity contribution < 1.29 is 4.92 Å². The molecule has 0 amide bonds. The zero-order chi connectivity index (χ0) is 17.3. The van der Waals surface area contributed by atoms with E-state index in [1.54, 1.807) is 11.3 Å². The fourth-order valence-electron chi connectivity index (χ4n) is 2.26. The first-order chi connectivity index (χ1) is 11.5. The van der Waals surface area contributed by atoms with Crippen molar-refractivity contribution in [3.8, 4) is 11.4 Å². The zero-order valence-corrected chi connectivity index (χ0v) is 15.1. The van der Waals surface area contributed by atoms with Crippen molar-refractivity contribution in [1.82, 2.24) is 24.5 Å². The molecule has 3 heterocycles. The number of hydrogen-bond acceptors (Lipinski definition) is 7. The fraction of sp³-hybridized carbons (Fsp3) is 0.357. The van der Waals surface area contributed by atoms with Gasteiger partial charge in [0.15, 0.2) is 11.0 Å². The number of thioether (sulfide) groups is 1. The first kappa shape index (κ1) is 16.7. The quantitative estimate of drug-likeness (QED) is 0.378. The molecule has 0 bridgehead atoms. The van der Waals surface area contributed by atoms with Crippen molar-refractivity contribution in [1.29, 1.82) is 0 Å². The molecule has 0 saturated carbocycles. The second-order valence-corrected chi connectivity index (χ2v) is 7.15. The van der Waals surface area contributed by atoms with Crippen molar-refractivity contribution in [3.63, 3.8) is 0 Å². The lowest BCUT2D eigenvalue weighted by molar-refractivity contribution is -0.385. The van der Waals surface area contributed by atoms with Crippen LogP contribution in [-0.2, 0) is 12.4 Å². The van der Waals surface area contributed by atoms with E-state index in [4.69, 9.17) is 0 Å². The van der Waals surface area contributed by atoms with Crippen LogP contribution in [0.25, 0.3) is 11.4 Å². The Balaban J connectivity index is 1.81. The highest BCUT2D eigenvalue weighted by atomic mass is 32.2. The molecule has 3 aromatic heterocycles. The van der Waals surface area contributed by atoms with Crippen molar-refractivity contribution in [2.45, 2.75) is 38.3 Å². The van der Waals surface area contributed by atoms with Gasteiger partial charge in [0.2, 0.25) is 0 Å². The Morgan fingerprint density at radius 2 is 2.17 bits per heavy atom. The van der Waals surface area contributed by atoms with E-state index in [-0.39, 0.29) is 5.69 Å². The smallest absolute Gasteiger partial charge is 0.302 e. The third kappa shape index (κ3) is 3.06. The van der Waals surface area contributed by atoms with E-state index in [2.05, 4.69) is 39.1 Å². The van der Waals surface area contributed by atoms with Crippen LogP contribution in [0.4, 0.5) is 5.69 Å². The predicted molar refractivity (Wildman–Crippen MR) is 93.2 cm³/mol. The second-order valence-electron chi connectivity index (χ2n) is 5.15. The molecular formula is C14H16N6O2S2. The second kappa shape index (κ2) is 6.73. The summed E-state index contributed by atoms with van der Waals surface area (Å²) in [5, 5.41) is 26.2. The van der Waals surface area contributed by atoms with Crippen molar-refractivity contribution in [2.75, 3.05) is 0 Å². The van der Waals surface area contributed by atoms with Gasteiger partial charge in [0.1, 0.15) is 12.4 Å². The summed E-state index contributed by atoms with van der Waals surface area (Å²) >= 11 is 3.15. The Kier molecular flexibility index (Phi) is 4.67. The molecule has 0 aliphatic carbocycles. The molecule has 0 unspecified atom stereocenters. The van der Waals surface area contributed by atoms with Gasteiger partial charge in [-0.2, -0.15) is 5.10 Å². The standard InChI is InChI=1S/C14H16N6O2S2/c1-4-19-13(12-7-23-10(3)9(12)2)16-17-14(19)24-8-18-6-11(5-15-18)20(21)22/h5-7H,4,8H2,1-3H3. The normalized spacial score (nSPS) is 11.1. The van der Waals surface area contributed by atoms with E-state index in [1.807, 2.05) is 6.92 Å². The molecule has 0 saturated heterocycles. The van der Waals surface area contributed by atoms with E-state index in [0.29, 0.717) is 5.88 Å². The minimum Gasteiger partial charge on any atom is -0.302 e. The van der Waals surface area contributed by atoms with Crippen LogP contribution >= 0.6 is 23.1 Å². The summed E-state index contributed by atoms with van der Waals surface area (Å²) in [5.74, 6) is 1.29. The molecule has 0 atom stereocenters. The first-order valence-corrected chi connectivity index (χ1v) is 9.15. The lowest BCUT2D eigenvalue weighted by atomic mass is 10.1. The highest BCUT2D eigenvalue weighted by molar-refractivity contribution is 7.98. The summed E-state index contributed by atoms with van der Waals surface area (Å²) < 4.78 is 3.58. The van der Waals surface area contributed by atoms with Gasteiger partial charge in [-0.1, -0.05) is 11.8 Å². The van der Waals surface area contributed by atoms with Gasteiger partial charge in [0, 0.05) is 22.4 Å². The predicted octanol–water partition coefficient (Wildman–Crippen LogP) is 3.50. The number of aryl methyl sites for hydroxylation is 1. The number of rotatable bonds is 6. The molecule has 0 aromatic carbocycles. The molecule has 10 heteroatoms. The van der Waals surface area contributed by atoms with E-state index in [0.717, 1.165) is 23.1 Å². The lowest BCUT2D eigenvalue weighted by Gasteiger charge is -2.07. The minimum atomic E-state index is -0.456. The largest absolute Gasteiger partial charge is 0.307 e. The highest BCUT2D eigenvalue weighted by Gasteiger charge is 2.17. The number of hydrogen-bond donors (Lipinski definition) is 0. The lowest BCUT2D eigenvalue weighted by Crippen LogP contribution is -2.02. The van der Waals surface area contributed by atoms with E-state index >= 15 is 0 Å². The number of aromatic nitrogens is 5. The Morgan fingerprint density at radius 1 is 1.38 bits per heavy atom. The molecule has 0 fully saturated rings. The summed E-state index contributed by atoms with van der Waals surface area (Å²) in [5.41, 5.74) is 2.31. The minimum absolute atomic E-state index is 0.0161. The molecule has 0 spiro atoms. The molecule has 3 aromatic rings.